The van der Waals surface area contributed by atoms with E-state index in [4.69, 9.17) is 9.15 Å². The van der Waals surface area contributed by atoms with E-state index in [9.17, 15) is 4.79 Å². The number of furan rings is 1. The van der Waals surface area contributed by atoms with Crippen LogP contribution in [0.25, 0.3) is 11.1 Å². The lowest BCUT2D eigenvalue weighted by Gasteiger charge is -2.31. The van der Waals surface area contributed by atoms with Crippen LogP contribution in [0, 0.1) is 5.92 Å². The molecule has 1 aliphatic carbocycles. The summed E-state index contributed by atoms with van der Waals surface area (Å²) in [6.07, 6.45) is 4.12. The minimum absolute atomic E-state index is 0.181. The Morgan fingerprint density at radius 2 is 2.11 bits per heavy atom. The van der Waals surface area contributed by atoms with Crippen molar-refractivity contribution in [3.05, 3.63) is 30.5 Å². The Morgan fingerprint density at radius 3 is 2.93 bits per heavy atom. The number of rotatable bonds is 5. The predicted octanol–water partition coefficient (Wildman–Crippen LogP) is 3.90. The molecule has 28 heavy (non-hydrogen) atoms. The maximum Gasteiger partial charge on any atom is 0.268 e. The number of aromatic nitrogens is 2. The summed E-state index contributed by atoms with van der Waals surface area (Å²) in [4.78, 5) is 21.2. The molecule has 1 aromatic carbocycles. The highest BCUT2D eigenvalue weighted by atomic mass is 16.5. The van der Waals surface area contributed by atoms with Gasteiger partial charge >= 0.3 is 0 Å². The average Bonchev–Trinajstić information content (AvgIpc) is 3.36. The third kappa shape index (κ3) is 3.11. The maximum atomic E-state index is 12.1. The summed E-state index contributed by atoms with van der Waals surface area (Å²) in [6.45, 7) is 4.35. The lowest BCUT2D eigenvalue weighted by atomic mass is 10.1. The topological polar surface area (TPSA) is 101 Å². The number of carbonyl (C=O) groups excluding carboxylic acids is 1. The van der Waals surface area contributed by atoms with Crippen LogP contribution in [0.5, 0.6) is 5.75 Å². The summed E-state index contributed by atoms with van der Waals surface area (Å²) < 4.78 is 11.3. The first-order valence-corrected chi connectivity index (χ1v) is 9.38. The largest absolute Gasteiger partial charge is 0.476 e. The number of carbonyl (C=O) groups is 1. The van der Waals surface area contributed by atoms with Crippen molar-refractivity contribution >= 4 is 40.1 Å². The smallest absolute Gasteiger partial charge is 0.268 e. The van der Waals surface area contributed by atoms with E-state index in [1.165, 1.54) is 12.8 Å². The van der Waals surface area contributed by atoms with Crippen molar-refractivity contribution in [1.82, 2.24) is 9.97 Å². The van der Waals surface area contributed by atoms with Gasteiger partial charge in [0.05, 0.1) is 12.0 Å². The highest BCUT2D eigenvalue weighted by molar-refractivity contribution is 6.00. The molecule has 0 bridgehead atoms. The van der Waals surface area contributed by atoms with Crippen LogP contribution in [-0.2, 0) is 4.79 Å². The zero-order chi connectivity index (χ0) is 19.3. The number of hydrogen-bond donors (Lipinski definition) is 3. The minimum Gasteiger partial charge on any atom is -0.476 e. The van der Waals surface area contributed by atoms with Crippen molar-refractivity contribution in [3.8, 4) is 5.75 Å². The number of anilines is 4. The van der Waals surface area contributed by atoms with Gasteiger partial charge in [0.2, 0.25) is 5.95 Å². The summed E-state index contributed by atoms with van der Waals surface area (Å²) in [5, 5.41) is 9.45. The van der Waals surface area contributed by atoms with Crippen LogP contribution >= 0.6 is 0 Å². The molecular weight excluding hydrogens is 358 g/mol. The molecule has 0 spiro atoms. The Kier molecular flexibility index (Phi) is 3.68. The molecule has 3 N–H and O–H groups in total. The van der Waals surface area contributed by atoms with Crippen LogP contribution in [0.3, 0.4) is 0 Å². The fraction of sp³-hybridized carbons (Fsp3) is 0.350. The van der Waals surface area contributed by atoms with Crippen LogP contribution < -0.4 is 20.7 Å². The van der Waals surface area contributed by atoms with E-state index in [1.54, 1.807) is 20.1 Å². The lowest BCUT2D eigenvalue weighted by Crippen LogP contribution is -2.45. The molecular formula is C20H21N5O3. The second-order valence-electron chi connectivity index (χ2n) is 7.76. The number of benzene rings is 1. The zero-order valence-electron chi connectivity index (χ0n) is 15.7. The standard InChI is InChI=1S/C20H21N5O3/c1-20(2)18(26)23-14-9-12(5-6-15(14)28-20)22-19-24-13-7-8-27-16(13)17(25-19)21-10-11-3-4-11/h5-9,11H,3-4,10H2,1-2H3,(H,23,26)(H2,21,22,24,25). The number of nitrogens with zero attached hydrogens (tertiary/aromatic N) is 2. The fourth-order valence-corrected chi connectivity index (χ4v) is 3.12. The van der Waals surface area contributed by atoms with Gasteiger partial charge in [0.25, 0.3) is 5.91 Å². The summed E-state index contributed by atoms with van der Waals surface area (Å²) in [6, 6.07) is 7.31. The molecule has 0 unspecified atom stereocenters. The van der Waals surface area contributed by atoms with Crippen molar-refractivity contribution < 1.29 is 13.9 Å². The van der Waals surface area contributed by atoms with Gasteiger partial charge in [-0.05, 0) is 50.8 Å². The number of amides is 1. The fourth-order valence-electron chi connectivity index (χ4n) is 3.12. The van der Waals surface area contributed by atoms with Gasteiger partial charge in [-0.25, -0.2) is 4.98 Å². The average molecular weight is 379 g/mol. The lowest BCUT2D eigenvalue weighted by molar-refractivity contribution is -0.129. The number of ether oxygens (including phenoxy) is 1. The Morgan fingerprint density at radius 1 is 1.25 bits per heavy atom. The van der Waals surface area contributed by atoms with Crippen LogP contribution in [0.4, 0.5) is 23.1 Å². The Bertz CT molecular complexity index is 1070. The SMILES string of the molecule is CC1(C)Oc2ccc(Nc3nc(NCC4CC4)c4occc4n3)cc2NC1=O. The van der Waals surface area contributed by atoms with Gasteiger partial charge in [0, 0.05) is 18.3 Å². The molecule has 1 saturated carbocycles. The van der Waals surface area contributed by atoms with Crippen LogP contribution in [-0.4, -0.2) is 28.0 Å². The van der Waals surface area contributed by atoms with Crippen LogP contribution in [0.15, 0.2) is 34.9 Å². The molecule has 1 fully saturated rings. The Hall–Kier alpha value is -3.29. The number of fused-ring (bicyclic) bond motifs is 2. The molecule has 3 heterocycles. The summed E-state index contributed by atoms with van der Waals surface area (Å²) in [5.74, 6) is 2.30. The van der Waals surface area contributed by atoms with E-state index in [0.717, 1.165) is 17.7 Å². The van der Waals surface area contributed by atoms with Gasteiger partial charge in [0.1, 0.15) is 11.3 Å². The highest BCUT2D eigenvalue weighted by Gasteiger charge is 2.35. The van der Waals surface area contributed by atoms with Crippen molar-refractivity contribution in [2.45, 2.75) is 32.3 Å². The molecule has 8 nitrogen and oxygen atoms in total. The van der Waals surface area contributed by atoms with Gasteiger partial charge in [-0.3, -0.25) is 4.79 Å². The monoisotopic (exact) mass is 379 g/mol. The molecule has 0 radical (unpaired) electrons. The first-order valence-electron chi connectivity index (χ1n) is 9.38. The van der Waals surface area contributed by atoms with Gasteiger partial charge in [0.15, 0.2) is 17.0 Å². The number of hydrogen-bond acceptors (Lipinski definition) is 7. The first kappa shape index (κ1) is 16.9. The summed E-state index contributed by atoms with van der Waals surface area (Å²) >= 11 is 0. The first-order chi connectivity index (χ1) is 13.5. The molecule has 3 aromatic rings. The predicted molar refractivity (Wildman–Crippen MR) is 106 cm³/mol. The van der Waals surface area contributed by atoms with Gasteiger partial charge in [-0.2, -0.15) is 4.98 Å². The van der Waals surface area contributed by atoms with E-state index < -0.39 is 5.60 Å². The molecule has 1 amide bonds. The Balaban J connectivity index is 1.42. The molecule has 0 atom stereocenters. The highest BCUT2D eigenvalue weighted by Crippen LogP contribution is 2.36. The molecule has 144 valence electrons. The maximum absolute atomic E-state index is 12.1. The third-order valence-electron chi connectivity index (χ3n) is 4.95. The van der Waals surface area contributed by atoms with Crippen molar-refractivity contribution in [1.29, 1.82) is 0 Å². The second kappa shape index (κ2) is 6.12. The van der Waals surface area contributed by atoms with Crippen LogP contribution in [0.1, 0.15) is 26.7 Å². The van der Waals surface area contributed by atoms with Gasteiger partial charge < -0.3 is 25.1 Å². The normalized spacial score (nSPS) is 17.6. The van der Waals surface area contributed by atoms with Crippen molar-refractivity contribution in [3.63, 3.8) is 0 Å². The molecule has 0 saturated heterocycles. The van der Waals surface area contributed by atoms with E-state index in [2.05, 4.69) is 25.9 Å². The summed E-state index contributed by atoms with van der Waals surface area (Å²) in [5.41, 5.74) is 1.86. The molecule has 8 heteroatoms. The molecule has 2 aromatic heterocycles. The Labute approximate surface area is 161 Å². The second-order valence-corrected chi connectivity index (χ2v) is 7.76. The molecule has 5 rings (SSSR count). The minimum atomic E-state index is -0.889. The van der Waals surface area contributed by atoms with E-state index in [-0.39, 0.29) is 5.91 Å². The van der Waals surface area contributed by atoms with Gasteiger partial charge in [-0.1, -0.05) is 0 Å². The molecule has 2 aliphatic rings. The van der Waals surface area contributed by atoms with Crippen LogP contribution in [0.2, 0.25) is 0 Å². The molecule has 1 aliphatic heterocycles. The zero-order valence-corrected chi connectivity index (χ0v) is 15.7. The quantitative estimate of drug-likeness (QED) is 0.618. The third-order valence-corrected chi connectivity index (χ3v) is 4.95. The van der Waals surface area contributed by atoms with E-state index in [1.807, 2.05) is 24.3 Å². The summed E-state index contributed by atoms with van der Waals surface area (Å²) in [7, 11) is 0. The van der Waals surface area contributed by atoms with Crippen molar-refractivity contribution in [2.75, 3.05) is 22.5 Å². The van der Waals surface area contributed by atoms with Crippen molar-refractivity contribution in [2.24, 2.45) is 5.92 Å². The van der Waals surface area contributed by atoms with E-state index >= 15 is 0 Å². The van der Waals surface area contributed by atoms with E-state index in [0.29, 0.717) is 34.7 Å². The number of nitrogens with one attached hydrogen (secondary N) is 3. The van der Waals surface area contributed by atoms with Gasteiger partial charge in [-0.15, -0.1) is 0 Å².